The average molecular weight is 512 g/mol. The molecule has 5 N–H and O–H groups in total. The Morgan fingerprint density at radius 3 is 2.49 bits per heavy atom. The first-order chi connectivity index (χ1) is 16.4. The van der Waals surface area contributed by atoms with E-state index < -0.39 is 53.8 Å². The van der Waals surface area contributed by atoms with Gasteiger partial charge < -0.3 is 35.0 Å². The zero-order valence-corrected chi connectivity index (χ0v) is 20.1. The fraction of sp³-hybridized carbons (Fsp3) is 0.609. The van der Waals surface area contributed by atoms with Crippen molar-refractivity contribution in [3.05, 3.63) is 47.5 Å². The highest BCUT2D eigenvalue weighted by Crippen LogP contribution is 2.53. The first-order valence-electron chi connectivity index (χ1n) is 11.3. The number of hydrogen-bond donors (Lipinski definition) is 5. The van der Waals surface area contributed by atoms with E-state index in [1.165, 1.54) is 17.3 Å². The fourth-order valence-electron chi connectivity index (χ4n) is 5.16. The van der Waals surface area contributed by atoms with Gasteiger partial charge in [0.2, 0.25) is 0 Å². The molecule has 35 heavy (non-hydrogen) atoms. The second-order valence-electron chi connectivity index (χ2n) is 9.86. The highest BCUT2D eigenvalue weighted by Gasteiger charge is 2.61. The lowest BCUT2D eigenvalue weighted by molar-refractivity contribution is -0.313. The first kappa shape index (κ1) is 26.0. The Labute approximate surface area is 206 Å². The molecule has 0 unspecified atom stereocenters. The van der Waals surface area contributed by atoms with Crippen LogP contribution in [0, 0.1) is 11.3 Å². The predicted molar refractivity (Wildman–Crippen MR) is 121 cm³/mol. The van der Waals surface area contributed by atoms with Crippen LogP contribution in [-0.4, -0.2) is 88.7 Å². The average Bonchev–Trinajstić information content (AvgIpc) is 3.37. The lowest BCUT2D eigenvalue weighted by Crippen LogP contribution is -2.61. The van der Waals surface area contributed by atoms with Crippen LogP contribution < -0.4 is 0 Å². The number of carbonyl (C=O) groups is 1. The summed E-state index contributed by atoms with van der Waals surface area (Å²) in [6.45, 7) is 3.74. The van der Waals surface area contributed by atoms with Crippen LogP contribution in [0.5, 0.6) is 0 Å². The van der Waals surface area contributed by atoms with Crippen molar-refractivity contribution in [1.82, 2.24) is 14.8 Å². The maximum atomic E-state index is 12.1. The molecule has 1 aliphatic carbocycles. The van der Waals surface area contributed by atoms with Crippen LogP contribution in [0.15, 0.2) is 36.9 Å². The molecule has 2 aromatic rings. The molecule has 2 fully saturated rings. The van der Waals surface area contributed by atoms with Gasteiger partial charge in [-0.1, -0.05) is 37.6 Å². The van der Waals surface area contributed by atoms with Gasteiger partial charge in [0.25, 0.3) is 0 Å². The van der Waals surface area contributed by atoms with E-state index in [2.05, 4.69) is 10.1 Å². The SMILES string of the molecule is CC1(C)[C@H](O[C@H]2O[C@H](C(=O)O)[C@@H](O)[C@H](O)[C@H]2O)C[C@@H](Cc2ccc(Cl)cc2)[C@@]1(O)Cn1cncn1. The summed E-state index contributed by atoms with van der Waals surface area (Å²) in [6.07, 6.45) is -5.59. The molecule has 0 amide bonds. The second-order valence-corrected chi connectivity index (χ2v) is 10.3. The third-order valence-electron chi connectivity index (χ3n) is 7.47. The molecule has 1 saturated heterocycles. The third kappa shape index (κ3) is 4.82. The van der Waals surface area contributed by atoms with Gasteiger partial charge in [-0.3, -0.25) is 4.68 Å². The number of halogens is 1. The zero-order chi connectivity index (χ0) is 25.5. The number of aliphatic hydroxyl groups excluding tert-OH is 3. The van der Waals surface area contributed by atoms with Crippen molar-refractivity contribution < 1.29 is 39.8 Å². The summed E-state index contributed by atoms with van der Waals surface area (Å²) in [5, 5.41) is 56.8. The number of carboxylic acids is 1. The van der Waals surface area contributed by atoms with Crippen molar-refractivity contribution in [3.8, 4) is 0 Å². The van der Waals surface area contributed by atoms with Crippen molar-refractivity contribution in [2.45, 2.75) is 75.6 Å². The molecule has 1 aliphatic heterocycles. The number of ether oxygens (including phenoxy) is 2. The summed E-state index contributed by atoms with van der Waals surface area (Å²) in [5.74, 6) is -1.83. The molecule has 1 saturated carbocycles. The minimum absolute atomic E-state index is 0.116. The number of carboxylic acid groups (broad SMARTS) is 1. The van der Waals surface area contributed by atoms with Crippen LogP contribution in [0.4, 0.5) is 0 Å². The molecular weight excluding hydrogens is 482 g/mol. The van der Waals surface area contributed by atoms with E-state index in [0.29, 0.717) is 17.9 Å². The number of aliphatic carboxylic acids is 1. The molecule has 11 nitrogen and oxygen atoms in total. The number of rotatable bonds is 7. The summed E-state index contributed by atoms with van der Waals surface area (Å²) in [5.41, 5.74) is -1.33. The molecule has 4 rings (SSSR count). The van der Waals surface area contributed by atoms with Gasteiger partial charge in [-0.2, -0.15) is 5.10 Å². The number of aliphatic hydroxyl groups is 4. The molecule has 1 aromatic carbocycles. The standard InChI is InChI=1S/C23H30ClN3O8/c1-22(2)15(34-21-18(30)16(28)17(29)19(35-21)20(31)32)8-13(7-12-3-5-14(24)6-4-12)23(22,33)9-27-11-25-10-26-27/h3-6,10-11,13,15-19,21,28-30,33H,7-9H2,1-2H3,(H,31,32)/t13-,15-,16+,17+,18-,19+,21+,23+/m1/s1. The molecule has 192 valence electrons. The molecule has 0 bridgehead atoms. The molecule has 8 atom stereocenters. The van der Waals surface area contributed by atoms with E-state index in [4.69, 9.17) is 21.1 Å². The molecule has 12 heteroatoms. The Morgan fingerprint density at radius 2 is 1.89 bits per heavy atom. The normalized spacial score (nSPS) is 36.8. The molecule has 2 heterocycles. The molecule has 0 spiro atoms. The van der Waals surface area contributed by atoms with E-state index in [1.54, 1.807) is 12.1 Å². The Morgan fingerprint density at radius 1 is 1.20 bits per heavy atom. The van der Waals surface area contributed by atoms with Gasteiger partial charge in [0.1, 0.15) is 31.0 Å². The molecular formula is C23H30ClN3O8. The van der Waals surface area contributed by atoms with Gasteiger partial charge in [0.15, 0.2) is 12.4 Å². The Bertz CT molecular complexity index is 1020. The van der Waals surface area contributed by atoms with Gasteiger partial charge in [-0.15, -0.1) is 0 Å². The zero-order valence-electron chi connectivity index (χ0n) is 19.3. The summed E-state index contributed by atoms with van der Waals surface area (Å²) in [4.78, 5) is 15.4. The van der Waals surface area contributed by atoms with Crippen LogP contribution in [0.25, 0.3) is 0 Å². The van der Waals surface area contributed by atoms with Crippen LogP contribution in [-0.2, 0) is 27.2 Å². The van der Waals surface area contributed by atoms with Crippen LogP contribution in [0.3, 0.4) is 0 Å². The largest absolute Gasteiger partial charge is 0.479 e. The van der Waals surface area contributed by atoms with E-state index >= 15 is 0 Å². The number of hydrogen-bond acceptors (Lipinski definition) is 9. The van der Waals surface area contributed by atoms with Crippen LogP contribution >= 0.6 is 11.6 Å². The topological polar surface area (TPSA) is 167 Å². The van der Waals surface area contributed by atoms with Crippen molar-refractivity contribution in [2.75, 3.05) is 0 Å². The smallest absolute Gasteiger partial charge is 0.335 e. The highest BCUT2D eigenvalue weighted by molar-refractivity contribution is 6.30. The van der Waals surface area contributed by atoms with Gasteiger partial charge in [-0.05, 0) is 36.5 Å². The Kier molecular flexibility index (Phi) is 7.22. The van der Waals surface area contributed by atoms with E-state index in [-0.39, 0.29) is 12.5 Å². The van der Waals surface area contributed by atoms with Crippen LogP contribution in [0.2, 0.25) is 5.02 Å². The fourth-order valence-corrected chi connectivity index (χ4v) is 5.28. The van der Waals surface area contributed by atoms with E-state index in [9.17, 15) is 30.3 Å². The van der Waals surface area contributed by atoms with Crippen molar-refractivity contribution in [1.29, 1.82) is 0 Å². The third-order valence-corrected chi connectivity index (χ3v) is 7.72. The van der Waals surface area contributed by atoms with Crippen molar-refractivity contribution in [3.63, 3.8) is 0 Å². The number of benzene rings is 1. The monoisotopic (exact) mass is 511 g/mol. The number of nitrogens with zero attached hydrogens (tertiary/aromatic N) is 3. The summed E-state index contributed by atoms with van der Waals surface area (Å²) < 4.78 is 12.9. The summed E-state index contributed by atoms with van der Waals surface area (Å²) >= 11 is 6.02. The highest BCUT2D eigenvalue weighted by atomic mass is 35.5. The van der Waals surface area contributed by atoms with E-state index in [1.807, 2.05) is 26.0 Å². The Balaban J connectivity index is 1.62. The molecule has 0 radical (unpaired) electrons. The summed E-state index contributed by atoms with van der Waals surface area (Å²) in [6, 6.07) is 7.30. The second kappa shape index (κ2) is 9.74. The quantitative estimate of drug-likeness (QED) is 0.347. The van der Waals surface area contributed by atoms with Crippen molar-refractivity contribution >= 4 is 17.6 Å². The van der Waals surface area contributed by atoms with E-state index in [0.717, 1.165) is 5.56 Å². The molecule has 1 aromatic heterocycles. The predicted octanol–water partition coefficient (Wildman–Crippen LogP) is 0.229. The van der Waals surface area contributed by atoms with Gasteiger partial charge in [-0.25, -0.2) is 9.78 Å². The number of aromatic nitrogens is 3. The molecule has 2 aliphatic rings. The lowest BCUT2D eigenvalue weighted by atomic mass is 9.72. The summed E-state index contributed by atoms with van der Waals surface area (Å²) in [7, 11) is 0. The van der Waals surface area contributed by atoms with Gasteiger partial charge in [0.05, 0.1) is 18.2 Å². The minimum atomic E-state index is -1.82. The maximum Gasteiger partial charge on any atom is 0.335 e. The van der Waals surface area contributed by atoms with Gasteiger partial charge >= 0.3 is 5.97 Å². The minimum Gasteiger partial charge on any atom is -0.479 e. The first-order valence-corrected chi connectivity index (χ1v) is 11.7. The lowest BCUT2D eigenvalue weighted by Gasteiger charge is -2.44. The Hall–Kier alpha value is -2.12. The van der Waals surface area contributed by atoms with Gasteiger partial charge in [0, 0.05) is 10.4 Å². The maximum absolute atomic E-state index is 12.1. The van der Waals surface area contributed by atoms with Crippen LogP contribution in [0.1, 0.15) is 25.8 Å². The van der Waals surface area contributed by atoms with Crippen molar-refractivity contribution in [2.24, 2.45) is 11.3 Å².